The minimum absolute atomic E-state index is 0.0281. The van der Waals surface area contributed by atoms with Crippen LogP contribution >= 0.6 is 0 Å². The van der Waals surface area contributed by atoms with E-state index in [9.17, 15) is 24.8 Å². The number of carbonyl (C=O) groups excluding carboxylic acids is 2. The Balaban J connectivity index is 1.19. The molecule has 0 saturated carbocycles. The van der Waals surface area contributed by atoms with Crippen molar-refractivity contribution < 1.29 is 34.3 Å². The second-order valence-corrected chi connectivity index (χ2v) is 11.8. The number of nitrogens with one attached hydrogen (secondary N) is 2. The molecule has 47 heavy (non-hydrogen) atoms. The zero-order chi connectivity index (χ0) is 33.2. The molecule has 0 radical (unpaired) electrons. The topological polar surface area (TPSA) is 167 Å². The van der Waals surface area contributed by atoms with Gasteiger partial charge in [-0.1, -0.05) is 48.5 Å². The second kappa shape index (κ2) is 16.4. The lowest BCUT2D eigenvalue weighted by Crippen LogP contribution is -2.49. The first-order chi connectivity index (χ1) is 22.8. The molecular weight excluding hydrogens is 606 g/mol. The number of benzene rings is 3. The molecule has 3 atom stereocenters. The average Bonchev–Trinajstić information content (AvgIpc) is 3.11. The molecule has 13 nitrogen and oxygen atoms in total. The highest BCUT2D eigenvalue weighted by atomic mass is 16.7. The number of carbonyl (C=O) groups is 2. The highest BCUT2D eigenvalue weighted by molar-refractivity contribution is 5.78. The summed E-state index contributed by atoms with van der Waals surface area (Å²) in [5.74, 6) is -0.695. The van der Waals surface area contributed by atoms with Crippen molar-refractivity contribution in [2.45, 2.75) is 57.3 Å². The molecule has 3 aromatic carbocycles. The molecule has 0 unspecified atom stereocenters. The number of nitro benzene ring substituents is 1. The number of non-ortho nitro benzene ring substituents is 1. The van der Waals surface area contributed by atoms with Crippen LogP contribution in [0.5, 0.6) is 0 Å². The van der Waals surface area contributed by atoms with Gasteiger partial charge < -0.3 is 24.8 Å². The van der Waals surface area contributed by atoms with Crippen LogP contribution in [0.25, 0.3) is 0 Å². The summed E-state index contributed by atoms with van der Waals surface area (Å²) < 4.78 is 13.0. The van der Waals surface area contributed by atoms with Gasteiger partial charge in [-0.15, -0.1) is 0 Å². The van der Waals surface area contributed by atoms with E-state index in [2.05, 4.69) is 15.1 Å². The number of ether oxygens (including phenoxy) is 2. The van der Waals surface area contributed by atoms with E-state index >= 15 is 0 Å². The molecule has 0 aliphatic carbocycles. The number of hydrogen-bond acceptors (Lipinski definition) is 10. The molecule has 250 valence electrons. The Bertz CT molecular complexity index is 1480. The van der Waals surface area contributed by atoms with Crippen molar-refractivity contribution in [1.29, 1.82) is 0 Å². The SMILES string of the molecule is O=C(CCCC(=O)NCc1ccc([C@H]2O[C@@H](CN3CCN(c4ccc([N+](=O)[O-])cc4)CC3)C[C@@H](c3ccc(CO)cc3)O2)cc1)NO. The molecule has 2 heterocycles. The smallest absolute Gasteiger partial charge is 0.269 e. The number of aliphatic hydroxyl groups excluding tert-OH is 1. The first kappa shape index (κ1) is 33.9. The van der Waals surface area contributed by atoms with Gasteiger partial charge in [-0.2, -0.15) is 0 Å². The maximum absolute atomic E-state index is 12.1. The Hall–Kier alpha value is -4.40. The van der Waals surface area contributed by atoms with Gasteiger partial charge in [0, 0.05) is 81.9 Å². The Labute approximate surface area is 273 Å². The second-order valence-electron chi connectivity index (χ2n) is 11.8. The van der Waals surface area contributed by atoms with Crippen molar-refractivity contribution in [3.8, 4) is 0 Å². The van der Waals surface area contributed by atoms with Gasteiger partial charge in [0.2, 0.25) is 11.8 Å². The molecule has 0 bridgehead atoms. The number of piperazine rings is 1. The Morgan fingerprint density at radius 1 is 0.851 bits per heavy atom. The molecule has 2 aliphatic heterocycles. The number of nitrogens with zero attached hydrogens (tertiary/aromatic N) is 3. The van der Waals surface area contributed by atoms with Crippen LogP contribution in [0, 0.1) is 10.1 Å². The van der Waals surface area contributed by atoms with Crippen LogP contribution < -0.4 is 15.7 Å². The molecule has 2 amide bonds. The third kappa shape index (κ3) is 9.56. The quantitative estimate of drug-likeness (QED) is 0.122. The van der Waals surface area contributed by atoms with E-state index in [1.54, 1.807) is 29.7 Å². The van der Waals surface area contributed by atoms with Gasteiger partial charge in [-0.25, -0.2) is 5.48 Å². The van der Waals surface area contributed by atoms with Crippen LogP contribution in [0.4, 0.5) is 11.4 Å². The third-order valence-corrected chi connectivity index (χ3v) is 8.55. The molecule has 5 rings (SSSR count). The van der Waals surface area contributed by atoms with Crippen LogP contribution in [0.2, 0.25) is 0 Å². The van der Waals surface area contributed by atoms with Crippen LogP contribution in [-0.2, 0) is 32.2 Å². The maximum Gasteiger partial charge on any atom is 0.269 e. The fraction of sp³-hybridized carbons (Fsp3) is 0.412. The minimum atomic E-state index is -0.598. The molecule has 3 aromatic rings. The predicted molar refractivity (Wildman–Crippen MR) is 172 cm³/mol. The van der Waals surface area contributed by atoms with Crippen LogP contribution in [0.15, 0.2) is 72.8 Å². The van der Waals surface area contributed by atoms with Crippen LogP contribution in [0.1, 0.15) is 60.3 Å². The Kier molecular flexibility index (Phi) is 11.9. The molecule has 13 heteroatoms. The van der Waals surface area contributed by atoms with Crippen LogP contribution in [0.3, 0.4) is 0 Å². The summed E-state index contributed by atoms with van der Waals surface area (Å²) in [5, 5.41) is 31.9. The lowest BCUT2D eigenvalue weighted by molar-refractivity contribution is -0.384. The van der Waals surface area contributed by atoms with Gasteiger partial charge in [0.1, 0.15) is 0 Å². The zero-order valence-electron chi connectivity index (χ0n) is 26.1. The molecule has 4 N–H and O–H groups in total. The number of aliphatic hydroxyl groups is 1. The van der Waals surface area contributed by atoms with E-state index in [1.807, 2.05) is 48.5 Å². The first-order valence-electron chi connectivity index (χ1n) is 15.8. The summed E-state index contributed by atoms with van der Waals surface area (Å²) in [4.78, 5) is 38.5. The fourth-order valence-corrected chi connectivity index (χ4v) is 5.84. The largest absolute Gasteiger partial charge is 0.392 e. The highest BCUT2D eigenvalue weighted by Gasteiger charge is 2.34. The molecule has 0 spiro atoms. The predicted octanol–water partition coefficient (Wildman–Crippen LogP) is 3.75. The summed E-state index contributed by atoms with van der Waals surface area (Å²) in [6.45, 7) is 4.29. The monoisotopic (exact) mass is 647 g/mol. The van der Waals surface area contributed by atoms with Crippen molar-refractivity contribution in [3.63, 3.8) is 0 Å². The van der Waals surface area contributed by atoms with Gasteiger partial charge in [0.25, 0.3) is 5.69 Å². The van der Waals surface area contributed by atoms with E-state index < -0.39 is 12.2 Å². The fourth-order valence-electron chi connectivity index (χ4n) is 5.84. The van der Waals surface area contributed by atoms with Crippen molar-refractivity contribution in [2.24, 2.45) is 0 Å². The number of rotatable bonds is 13. The number of anilines is 1. The van der Waals surface area contributed by atoms with Crippen molar-refractivity contribution >= 4 is 23.2 Å². The van der Waals surface area contributed by atoms with Crippen molar-refractivity contribution in [1.82, 2.24) is 15.7 Å². The van der Waals surface area contributed by atoms with E-state index in [0.29, 0.717) is 19.4 Å². The maximum atomic E-state index is 12.1. The van der Waals surface area contributed by atoms with Gasteiger partial charge in [-0.3, -0.25) is 29.8 Å². The minimum Gasteiger partial charge on any atom is -0.392 e. The van der Waals surface area contributed by atoms with E-state index in [0.717, 1.165) is 60.7 Å². The Morgan fingerprint density at radius 3 is 2.13 bits per heavy atom. The number of hydroxylamine groups is 1. The molecule has 2 aliphatic rings. The lowest BCUT2D eigenvalue weighted by atomic mass is 9.99. The summed E-state index contributed by atoms with van der Waals surface area (Å²) >= 11 is 0. The average molecular weight is 648 g/mol. The zero-order valence-corrected chi connectivity index (χ0v) is 26.1. The first-order valence-corrected chi connectivity index (χ1v) is 15.8. The third-order valence-electron chi connectivity index (χ3n) is 8.55. The lowest BCUT2D eigenvalue weighted by Gasteiger charge is -2.41. The Morgan fingerprint density at radius 2 is 1.49 bits per heavy atom. The number of nitro groups is 1. The molecule has 2 saturated heterocycles. The molecule has 2 fully saturated rings. The standard InChI is InChI=1S/C34H41N5O8/c40-23-25-6-8-26(9-7-25)31-20-30(22-37-16-18-38(19-17-37)28-12-14-29(15-13-28)39(44)45)46-34(47-31)27-10-4-24(5-11-27)21-35-32(41)2-1-3-33(42)36-43/h4-15,30-31,34,40,43H,1-3,16-23H2,(H,35,41)(H,36,42)/t30-,31+,34+/m1/s1. The number of amides is 2. The molecular formula is C34H41N5O8. The normalized spacial score (nSPS) is 20.0. The number of hydrogen-bond donors (Lipinski definition) is 4. The van der Waals surface area contributed by atoms with Crippen molar-refractivity contribution in [2.75, 3.05) is 37.6 Å². The van der Waals surface area contributed by atoms with Crippen molar-refractivity contribution in [3.05, 3.63) is 105 Å². The highest BCUT2D eigenvalue weighted by Crippen LogP contribution is 2.38. The molecule has 0 aromatic heterocycles. The van der Waals surface area contributed by atoms with Gasteiger partial charge in [0.15, 0.2) is 6.29 Å². The summed E-state index contributed by atoms with van der Waals surface area (Å²) in [6.07, 6.45) is 0.359. The van der Waals surface area contributed by atoms with Gasteiger partial charge in [-0.05, 0) is 35.2 Å². The van der Waals surface area contributed by atoms with E-state index in [-0.39, 0.29) is 48.2 Å². The summed E-state index contributed by atoms with van der Waals surface area (Å²) in [7, 11) is 0. The van der Waals surface area contributed by atoms with E-state index in [4.69, 9.17) is 14.7 Å². The van der Waals surface area contributed by atoms with Gasteiger partial charge >= 0.3 is 0 Å². The summed E-state index contributed by atoms with van der Waals surface area (Å²) in [5.41, 5.74) is 6.23. The summed E-state index contributed by atoms with van der Waals surface area (Å²) in [6, 6.07) is 22.2. The van der Waals surface area contributed by atoms with Crippen LogP contribution in [-0.4, -0.2) is 70.8 Å². The van der Waals surface area contributed by atoms with Gasteiger partial charge in [0.05, 0.1) is 23.7 Å². The van der Waals surface area contributed by atoms with E-state index in [1.165, 1.54) is 0 Å².